The highest BCUT2D eigenvalue weighted by Gasteiger charge is 2.35. The molecule has 0 saturated heterocycles. The van der Waals surface area contributed by atoms with Crippen molar-refractivity contribution in [3.05, 3.63) is 59.5 Å². The lowest BCUT2D eigenvalue weighted by atomic mass is 9.80. The number of nitrogens with one attached hydrogen (secondary N) is 1. The molecule has 1 aliphatic carbocycles. The van der Waals surface area contributed by atoms with Crippen molar-refractivity contribution in [1.82, 2.24) is 14.6 Å². The normalized spacial score (nSPS) is 16.7. The number of carbonyl (C=O) groups is 1. The number of anilines is 1. The smallest absolute Gasteiger partial charge is 0.372 e. The van der Waals surface area contributed by atoms with Gasteiger partial charge in [-0.25, -0.2) is 4.52 Å². The lowest BCUT2D eigenvalue weighted by Crippen LogP contribution is -2.32. The van der Waals surface area contributed by atoms with Gasteiger partial charge in [-0.15, -0.1) is 5.10 Å². The van der Waals surface area contributed by atoms with E-state index in [1.165, 1.54) is 17.8 Å². The Morgan fingerprint density at radius 1 is 1.29 bits per heavy atom. The minimum atomic E-state index is -4.45. The Balaban J connectivity index is 1.65. The summed E-state index contributed by atoms with van der Waals surface area (Å²) in [6.07, 6.45) is 1.13. The van der Waals surface area contributed by atoms with Gasteiger partial charge < -0.3 is 10.1 Å². The Morgan fingerprint density at radius 3 is 2.65 bits per heavy atom. The van der Waals surface area contributed by atoms with Crippen LogP contribution in [-0.2, 0) is 21.3 Å². The number of alkyl halides is 3. The van der Waals surface area contributed by atoms with Crippen LogP contribution in [0.25, 0.3) is 5.52 Å². The second kappa shape index (κ2) is 7.96. The van der Waals surface area contributed by atoms with Crippen LogP contribution in [0.3, 0.4) is 0 Å². The molecule has 4 rings (SSSR count). The molecule has 1 saturated carbocycles. The van der Waals surface area contributed by atoms with Crippen molar-refractivity contribution < 1.29 is 22.7 Å². The van der Waals surface area contributed by atoms with E-state index in [1.54, 1.807) is 25.3 Å². The van der Waals surface area contributed by atoms with Gasteiger partial charge in [0.1, 0.15) is 5.60 Å². The molecule has 1 aliphatic rings. The fourth-order valence-corrected chi connectivity index (χ4v) is 3.86. The van der Waals surface area contributed by atoms with Crippen molar-refractivity contribution in [2.24, 2.45) is 0 Å². The fraction of sp³-hybridized carbons (Fsp3) is 0.409. The van der Waals surface area contributed by atoms with E-state index in [-0.39, 0.29) is 18.2 Å². The van der Waals surface area contributed by atoms with Gasteiger partial charge in [0, 0.05) is 25.1 Å². The van der Waals surface area contributed by atoms with E-state index in [0.29, 0.717) is 22.6 Å². The van der Waals surface area contributed by atoms with Crippen LogP contribution in [0, 0.1) is 0 Å². The topological polar surface area (TPSA) is 68.5 Å². The van der Waals surface area contributed by atoms with Crippen LogP contribution in [0.4, 0.5) is 19.0 Å². The van der Waals surface area contributed by atoms with Gasteiger partial charge in [-0.05, 0) is 49.9 Å². The number of carbonyl (C=O) groups excluding carboxylic acids is 1. The summed E-state index contributed by atoms with van der Waals surface area (Å²) >= 11 is 0. The molecule has 0 aliphatic heterocycles. The molecule has 3 aromatic rings. The summed E-state index contributed by atoms with van der Waals surface area (Å²) in [4.78, 5) is 17.2. The standard InChI is InChI=1S/C22H23F3N4O2/c1-21(31-2,17-8-3-4-10-26-17)13-18(30)27-20-19(14-6-5-7-14)16-12-15(22(23,24)25)9-11-29(16)28-20/h3-4,8-12,14H,5-7,13H2,1-2H3,(H,27,28,30)/t21-/m1/s1. The number of ether oxygens (including phenoxy) is 1. The number of amides is 1. The van der Waals surface area contributed by atoms with Gasteiger partial charge in [0.15, 0.2) is 5.82 Å². The number of hydrogen-bond donors (Lipinski definition) is 1. The van der Waals surface area contributed by atoms with E-state index in [4.69, 9.17) is 4.74 Å². The van der Waals surface area contributed by atoms with E-state index in [0.717, 1.165) is 31.4 Å². The Kier molecular flexibility index (Phi) is 5.47. The molecule has 31 heavy (non-hydrogen) atoms. The van der Waals surface area contributed by atoms with Crippen LogP contribution >= 0.6 is 0 Å². The highest BCUT2D eigenvalue weighted by atomic mass is 19.4. The minimum absolute atomic E-state index is 0.0215. The predicted molar refractivity (Wildman–Crippen MR) is 109 cm³/mol. The first-order valence-electron chi connectivity index (χ1n) is 10.1. The number of pyridine rings is 2. The Morgan fingerprint density at radius 2 is 2.06 bits per heavy atom. The van der Waals surface area contributed by atoms with Crippen molar-refractivity contribution in [3.63, 3.8) is 0 Å². The zero-order chi connectivity index (χ0) is 22.2. The fourth-order valence-electron chi connectivity index (χ4n) is 3.86. The van der Waals surface area contributed by atoms with Crippen molar-refractivity contribution in [1.29, 1.82) is 0 Å². The summed E-state index contributed by atoms with van der Waals surface area (Å²) in [5, 5.41) is 7.18. The van der Waals surface area contributed by atoms with Gasteiger partial charge in [-0.3, -0.25) is 9.78 Å². The first kappa shape index (κ1) is 21.3. The number of aromatic nitrogens is 3. The highest BCUT2D eigenvalue weighted by Crippen LogP contribution is 2.43. The van der Waals surface area contributed by atoms with Gasteiger partial charge >= 0.3 is 6.18 Å². The third-order valence-electron chi connectivity index (χ3n) is 5.93. The molecule has 3 aromatic heterocycles. The molecule has 6 nitrogen and oxygen atoms in total. The van der Waals surface area contributed by atoms with E-state index >= 15 is 0 Å². The van der Waals surface area contributed by atoms with Gasteiger partial charge in [0.2, 0.25) is 5.91 Å². The number of methoxy groups -OCH3 is 1. The highest BCUT2D eigenvalue weighted by molar-refractivity contribution is 5.92. The zero-order valence-corrected chi connectivity index (χ0v) is 17.2. The molecule has 164 valence electrons. The quantitative estimate of drug-likeness (QED) is 0.601. The first-order valence-corrected chi connectivity index (χ1v) is 10.1. The molecule has 0 spiro atoms. The summed E-state index contributed by atoms with van der Waals surface area (Å²) in [7, 11) is 1.51. The van der Waals surface area contributed by atoms with E-state index in [2.05, 4.69) is 15.4 Å². The largest absolute Gasteiger partial charge is 0.416 e. The van der Waals surface area contributed by atoms with E-state index in [1.807, 2.05) is 6.07 Å². The lowest BCUT2D eigenvalue weighted by Gasteiger charge is -2.28. The Bertz CT molecular complexity index is 1090. The number of fused-ring (bicyclic) bond motifs is 1. The molecule has 0 bridgehead atoms. The molecule has 1 N–H and O–H groups in total. The minimum Gasteiger partial charge on any atom is -0.372 e. The van der Waals surface area contributed by atoms with Crippen LogP contribution in [-0.4, -0.2) is 27.6 Å². The zero-order valence-electron chi connectivity index (χ0n) is 17.2. The number of nitrogens with zero attached hydrogens (tertiary/aromatic N) is 3. The third-order valence-corrected chi connectivity index (χ3v) is 5.93. The molecular formula is C22H23F3N4O2. The Labute approximate surface area is 177 Å². The monoisotopic (exact) mass is 432 g/mol. The van der Waals surface area contributed by atoms with Crippen LogP contribution in [0.15, 0.2) is 42.7 Å². The lowest BCUT2D eigenvalue weighted by molar-refractivity contribution is -0.137. The van der Waals surface area contributed by atoms with Crippen LogP contribution < -0.4 is 5.32 Å². The summed E-state index contributed by atoms with van der Waals surface area (Å²) < 4.78 is 46.7. The molecule has 0 unspecified atom stereocenters. The summed E-state index contributed by atoms with van der Waals surface area (Å²) in [6.45, 7) is 1.76. The Hall–Kier alpha value is -2.94. The van der Waals surface area contributed by atoms with Crippen molar-refractivity contribution in [3.8, 4) is 0 Å². The summed E-state index contributed by atoms with van der Waals surface area (Å²) in [5.41, 5.74) is -0.0567. The maximum atomic E-state index is 13.2. The van der Waals surface area contributed by atoms with Gasteiger partial charge in [0.05, 0.1) is 23.2 Å². The molecular weight excluding hydrogens is 409 g/mol. The van der Waals surface area contributed by atoms with Crippen LogP contribution in [0.5, 0.6) is 0 Å². The van der Waals surface area contributed by atoms with Crippen molar-refractivity contribution in [2.45, 2.75) is 50.3 Å². The van der Waals surface area contributed by atoms with E-state index in [9.17, 15) is 18.0 Å². The molecule has 1 atom stereocenters. The first-order chi connectivity index (χ1) is 14.7. The molecule has 9 heteroatoms. The maximum Gasteiger partial charge on any atom is 0.416 e. The van der Waals surface area contributed by atoms with Gasteiger partial charge in [0.25, 0.3) is 0 Å². The SMILES string of the molecule is CO[C@](C)(CC(=O)Nc1nn2ccc(C(F)(F)F)cc2c1C1CCC1)c1ccccn1. The second-order valence-corrected chi connectivity index (χ2v) is 8.01. The summed E-state index contributed by atoms with van der Waals surface area (Å²) in [6, 6.07) is 7.45. The van der Waals surface area contributed by atoms with Crippen LogP contribution in [0.1, 0.15) is 55.3 Å². The second-order valence-electron chi connectivity index (χ2n) is 8.01. The predicted octanol–water partition coefficient (Wildman–Crippen LogP) is 4.91. The van der Waals surface area contributed by atoms with Crippen molar-refractivity contribution in [2.75, 3.05) is 12.4 Å². The molecule has 3 heterocycles. The average Bonchev–Trinajstić information content (AvgIpc) is 3.03. The number of rotatable bonds is 6. The van der Waals surface area contributed by atoms with Crippen LogP contribution in [0.2, 0.25) is 0 Å². The summed E-state index contributed by atoms with van der Waals surface area (Å²) in [5.74, 6) is 0.0180. The van der Waals surface area contributed by atoms with E-state index < -0.39 is 17.3 Å². The van der Waals surface area contributed by atoms with Gasteiger partial charge in [-0.1, -0.05) is 12.5 Å². The molecule has 0 aromatic carbocycles. The third kappa shape index (κ3) is 4.14. The average molecular weight is 432 g/mol. The molecule has 1 amide bonds. The van der Waals surface area contributed by atoms with Crippen molar-refractivity contribution >= 4 is 17.2 Å². The number of halogens is 3. The molecule has 0 radical (unpaired) electrons. The maximum absolute atomic E-state index is 13.2. The molecule has 1 fully saturated rings. The van der Waals surface area contributed by atoms with Gasteiger partial charge in [-0.2, -0.15) is 13.2 Å². The number of hydrogen-bond acceptors (Lipinski definition) is 4.